The van der Waals surface area contributed by atoms with Crippen molar-refractivity contribution in [1.29, 1.82) is 5.26 Å². The molecule has 1 atom stereocenters. The van der Waals surface area contributed by atoms with E-state index in [-0.39, 0.29) is 28.5 Å². The normalized spacial score (nSPS) is 16.9. The third kappa shape index (κ3) is 6.34. The van der Waals surface area contributed by atoms with Gasteiger partial charge >= 0.3 is 5.97 Å². The molecular weight excluding hydrogens is 562 g/mol. The second-order valence-electron chi connectivity index (χ2n) is 9.88. The van der Waals surface area contributed by atoms with Gasteiger partial charge in [0, 0.05) is 17.7 Å². The van der Waals surface area contributed by atoms with Crippen LogP contribution in [0.3, 0.4) is 0 Å². The van der Waals surface area contributed by atoms with Gasteiger partial charge in [-0.25, -0.2) is 14.7 Å². The summed E-state index contributed by atoms with van der Waals surface area (Å²) in [5.74, 6) is -1.94. The number of imide groups is 1. The van der Waals surface area contributed by atoms with Crippen molar-refractivity contribution in [3.63, 3.8) is 0 Å². The summed E-state index contributed by atoms with van der Waals surface area (Å²) in [4.78, 5) is 56.9. The number of carbonyl (C=O) groups is 4. The van der Waals surface area contributed by atoms with Gasteiger partial charge in [0.05, 0.1) is 27.1 Å². The number of pyridine rings is 1. The van der Waals surface area contributed by atoms with Crippen LogP contribution in [0.4, 0.5) is 5.69 Å². The number of hydrogen-bond acceptors (Lipinski definition) is 8. The van der Waals surface area contributed by atoms with Gasteiger partial charge in [0.15, 0.2) is 6.61 Å². The lowest BCUT2D eigenvalue weighted by atomic mass is 9.96. The number of fused-ring (bicyclic) bond motifs is 1. The Bertz CT molecular complexity index is 1570. The van der Waals surface area contributed by atoms with Crippen LogP contribution in [0.1, 0.15) is 69.6 Å². The van der Waals surface area contributed by atoms with Gasteiger partial charge < -0.3 is 4.74 Å². The molecule has 0 spiro atoms. The number of rotatable bonds is 7. The summed E-state index contributed by atoms with van der Waals surface area (Å²) >= 11 is 7.18. The number of esters is 1. The Labute approximate surface area is 246 Å². The number of hydrogen-bond donors (Lipinski definition) is 0. The highest BCUT2D eigenvalue weighted by Crippen LogP contribution is 2.36. The van der Waals surface area contributed by atoms with E-state index >= 15 is 0 Å². The SMILES string of the molecule is N#Cc1cc2c(nc1SC1CC(=O)N(c3ccc(C(=O)OCC(=O)c4ccccc4Cl)cc3)C1=O)CCCCCC2. The minimum atomic E-state index is -0.724. The van der Waals surface area contributed by atoms with Crippen molar-refractivity contribution in [1.82, 2.24) is 4.98 Å². The Balaban J connectivity index is 1.25. The highest BCUT2D eigenvalue weighted by molar-refractivity contribution is 8.00. The van der Waals surface area contributed by atoms with Crippen LogP contribution in [-0.4, -0.2) is 40.4 Å². The second kappa shape index (κ2) is 12.7. The van der Waals surface area contributed by atoms with Crippen LogP contribution >= 0.6 is 23.4 Å². The van der Waals surface area contributed by atoms with E-state index in [2.05, 4.69) is 6.07 Å². The number of nitrogens with zero attached hydrogens (tertiary/aromatic N) is 3. The molecule has 1 aliphatic heterocycles. The molecule has 10 heteroatoms. The van der Waals surface area contributed by atoms with Crippen molar-refractivity contribution in [2.24, 2.45) is 0 Å². The molecule has 1 unspecified atom stereocenters. The van der Waals surface area contributed by atoms with E-state index < -0.39 is 29.5 Å². The number of carbonyl (C=O) groups excluding carboxylic acids is 4. The van der Waals surface area contributed by atoms with Gasteiger partial charge in [0.25, 0.3) is 0 Å². The fraction of sp³-hybridized carbons (Fsp3) is 0.290. The van der Waals surface area contributed by atoms with Crippen molar-refractivity contribution >= 4 is 52.6 Å². The average molecular weight is 588 g/mol. The lowest BCUT2D eigenvalue weighted by molar-refractivity contribution is -0.121. The van der Waals surface area contributed by atoms with Crippen molar-refractivity contribution in [2.45, 2.75) is 55.2 Å². The van der Waals surface area contributed by atoms with E-state index in [9.17, 15) is 24.4 Å². The van der Waals surface area contributed by atoms with Crippen LogP contribution in [0.15, 0.2) is 59.6 Å². The second-order valence-corrected chi connectivity index (χ2v) is 11.5. The van der Waals surface area contributed by atoms with Crippen LogP contribution < -0.4 is 4.90 Å². The van der Waals surface area contributed by atoms with Gasteiger partial charge in [-0.15, -0.1) is 0 Å². The number of ether oxygens (including phenoxy) is 1. The van der Waals surface area contributed by atoms with Crippen LogP contribution in [0.5, 0.6) is 0 Å². The van der Waals surface area contributed by atoms with Crippen LogP contribution in [0, 0.1) is 11.3 Å². The fourth-order valence-electron chi connectivity index (χ4n) is 4.97. The minimum absolute atomic E-state index is 0.0267. The zero-order valence-corrected chi connectivity index (χ0v) is 23.7. The minimum Gasteiger partial charge on any atom is -0.454 e. The lowest BCUT2D eigenvalue weighted by Gasteiger charge is -2.17. The molecule has 1 fully saturated rings. The number of benzene rings is 2. The zero-order valence-electron chi connectivity index (χ0n) is 22.1. The zero-order chi connectivity index (χ0) is 28.9. The Morgan fingerprint density at radius 1 is 1.05 bits per heavy atom. The summed E-state index contributed by atoms with van der Waals surface area (Å²) in [6.45, 7) is -0.478. The Kier molecular flexibility index (Phi) is 8.81. The third-order valence-corrected chi connectivity index (χ3v) is 8.63. The van der Waals surface area contributed by atoms with E-state index in [0.29, 0.717) is 16.3 Å². The maximum Gasteiger partial charge on any atom is 0.338 e. The maximum absolute atomic E-state index is 13.3. The maximum atomic E-state index is 13.3. The third-order valence-electron chi connectivity index (χ3n) is 7.12. The van der Waals surface area contributed by atoms with Gasteiger partial charge in [0.2, 0.25) is 17.6 Å². The van der Waals surface area contributed by atoms with E-state index in [0.717, 1.165) is 66.4 Å². The van der Waals surface area contributed by atoms with Crippen LogP contribution in [0.25, 0.3) is 0 Å². The smallest absolute Gasteiger partial charge is 0.338 e. The Morgan fingerprint density at radius 2 is 1.78 bits per heavy atom. The first-order chi connectivity index (χ1) is 19.9. The summed E-state index contributed by atoms with van der Waals surface area (Å²) in [5, 5.41) is 9.78. The van der Waals surface area contributed by atoms with Gasteiger partial charge in [-0.1, -0.05) is 48.3 Å². The van der Waals surface area contributed by atoms with Crippen molar-refractivity contribution in [3.8, 4) is 6.07 Å². The molecule has 0 saturated carbocycles. The van der Waals surface area contributed by atoms with Gasteiger partial charge in [0.1, 0.15) is 11.1 Å². The quantitative estimate of drug-likeness (QED) is 0.195. The molecule has 2 amide bonds. The number of thioether (sulfide) groups is 1. The Morgan fingerprint density at radius 3 is 2.51 bits per heavy atom. The fourth-order valence-corrected chi connectivity index (χ4v) is 6.30. The molecule has 1 saturated heterocycles. The number of ketones is 1. The molecule has 1 aliphatic carbocycles. The molecule has 2 heterocycles. The molecule has 2 aliphatic rings. The lowest BCUT2D eigenvalue weighted by Crippen LogP contribution is -2.31. The van der Waals surface area contributed by atoms with Crippen LogP contribution in [-0.2, 0) is 27.2 Å². The topological polar surface area (TPSA) is 117 Å². The molecule has 208 valence electrons. The van der Waals surface area contributed by atoms with Crippen molar-refractivity contribution < 1.29 is 23.9 Å². The summed E-state index contributed by atoms with van der Waals surface area (Å²) in [6.07, 6.45) is 6.10. The average Bonchev–Trinajstić information content (AvgIpc) is 3.24. The number of aryl methyl sites for hydroxylation is 2. The molecule has 0 radical (unpaired) electrons. The molecule has 41 heavy (non-hydrogen) atoms. The summed E-state index contributed by atoms with van der Waals surface area (Å²) < 4.78 is 5.14. The van der Waals surface area contributed by atoms with Gasteiger partial charge in [-0.2, -0.15) is 5.26 Å². The molecule has 5 rings (SSSR count). The highest BCUT2D eigenvalue weighted by Gasteiger charge is 2.41. The van der Waals surface area contributed by atoms with E-state index in [1.54, 1.807) is 24.3 Å². The van der Waals surface area contributed by atoms with Crippen molar-refractivity contribution in [2.75, 3.05) is 11.5 Å². The predicted octanol–water partition coefficient (Wildman–Crippen LogP) is 5.73. The first-order valence-electron chi connectivity index (χ1n) is 13.4. The first kappa shape index (κ1) is 28.5. The molecule has 0 bridgehead atoms. The summed E-state index contributed by atoms with van der Waals surface area (Å²) in [6, 6.07) is 16.4. The predicted molar refractivity (Wildman–Crippen MR) is 154 cm³/mol. The molecule has 0 N–H and O–H groups in total. The first-order valence-corrected chi connectivity index (χ1v) is 14.6. The van der Waals surface area contributed by atoms with Crippen molar-refractivity contribution in [3.05, 3.63) is 87.6 Å². The molecule has 8 nitrogen and oxygen atoms in total. The van der Waals surface area contributed by atoms with E-state index in [4.69, 9.17) is 21.3 Å². The number of nitriles is 1. The number of amides is 2. The monoisotopic (exact) mass is 587 g/mol. The molecule has 1 aromatic heterocycles. The summed E-state index contributed by atoms with van der Waals surface area (Å²) in [7, 11) is 0. The van der Waals surface area contributed by atoms with Gasteiger partial charge in [-0.05, 0) is 73.7 Å². The van der Waals surface area contributed by atoms with E-state index in [1.165, 1.54) is 24.3 Å². The Hall–Kier alpha value is -4.00. The summed E-state index contributed by atoms with van der Waals surface area (Å²) in [5.41, 5.74) is 3.22. The number of halogens is 1. The standard InChI is InChI=1S/C31H26ClN3O5S/c32-24-9-6-5-8-23(24)26(36)18-40-31(39)19-11-13-22(14-12-19)35-28(37)16-27(30(35)38)41-29-21(17-33)15-20-7-3-1-2-4-10-25(20)34-29/h5-6,8-9,11-15,27H,1-4,7,10,16,18H2. The van der Waals surface area contributed by atoms with Crippen LogP contribution in [0.2, 0.25) is 5.02 Å². The number of aromatic nitrogens is 1. The molecule has 3 aromatic rings. The highest BCUT2D eigenvalue weighted by atomic mass is 35.5. The van der Waals surface area contributed by atoms with E-state index in [1.807, 2.05) is 6.07 Å². The number of Topliss-reactive ketones (excluding diaryl/α,β-unsaturated/α-hetero) is 1. The number of anilines is 1. The largest absolute Gasteiger partial charge is 0.454 e. The molecular formula is C31H26ClN3O5S. The van der Waals surface area contributed by atoms with Gasteiger partial charge in [-0.3, -0.25) is 14.4 Å². The molecule has 2 aromatic carbocycles.